The molecule has 3 nitrogen and oxygen atoms in total. The second kappa shape index (κ2) is 4.83. The van der Waals surface area contributed by atoms with Crippen LogP contribution < -0.4 is 10.1 Å². The quantitative estimate of drug-likeness (QED) is 0.870. The Bertz CT molecular complexity index is 631. The Morgan fingerprint density at radius 1 is 1.11 bits per heavy atom. The van der Waals surface area contributed by atoms with Crippen LogP contribution in [0.15, 0.2) is 36.4 Å². The number of halogens is 2. The van der Waals surface area contributed by atoms with Gasteiger partial charge >= 0.3 is 0 Å². The molecule has 2 N–H and O–H groups in total. The van der Waals surface area contributed by atoms with Crippen LogP contribution in [0.2, 0.25) is 10.0 Å². The monoisotopic (exact) mass is 295 g/mol. The lowest BCUT2D eigenvalue weighted by Gasteiger charge is -2.13. The first kappa shape index (κ1) is 12.5. The third-order valence-corrected chi connectivity index (χ3v) is 3.78. The molecule has 0 fully saturated rings. The van der Waals surface area contributed by atoms with Crippen molar-refractivity contribution < 1.29 is 9.84 Å². The first-order valence-electron chi connectivity index (χ1n) is 5.81. The maximum absolute atomic E-state index is 9.41. The molecule has 0 bridgehead atoms. The summed E-state index contributed by atoms with van der Waals surface area (Å²) in [6.07, 6.45) is 0. The van der Waals surface area contributed by atoms with Crippen LogP contribution in [0.3, 0.4) is 0 Å². The summed E-state index contributed by atoms with van der Waals surface area (Å²) in [6, 6.07) is 10.6. The standard InChI is InChI=1S/C14H11Cl2NO2/c15-11-4-1-8(5-12(11)16)17-13-7-19-14-6-9(18)2-3-10(13)14/h1-6,13,17-18H,7H2. The average molecular weight is 296 g/mol. The van der Waals surface area contributed by atoms with Crippen molar-refractivity contribution >= 4 is 28.9 Å². The van der Waals surface area contributed by atoms with Crippen LogP contribution in [-0.2, 0) is 0 Å². The molecule has 0 amide bonds. The number of aromatic hydroxyl groups is 1. The Morgan fingerprint density at radius 2 is 1.95 bits per heavy atom. The Morgan fingerprint density at radius 3 is 2.74 bits per heavy atom. The highest BCUT2D eigenvalue weighted by Crippen LogP contribution is 2.37. The van der Waals surface area contributed by atoms with Crippen molar-refractivity contribution in [2.75, 3.05) is 11.9 Å². The maximum Gasteiger partial charge on any atom is 0.128 e. The summed E-state index contributed by atoms with van der Waals surface area (Å²) in [4.78, 5) is 0. The van der Waals surface area contributed by atoms with Gasteiger partial charge in [-0.15, -0.1) is 0 Å². The molecule has 1 unspecified atom stereocenters. The van der Waals surface area contributed by atoms with E-state index in [0.717, 1.165) is 11.3 Å². The molecule has 0 saturated carbocycles. The summed E-state index contributed by atoms with van der Waals surface area (Å²) in [5.74, 6) is 0.909. The van der Waals surface area contributed by atoms with E-state index >= 15 is 0 Å². The minimum Gasteiger partial charge on any atom is -0.508 e. The van der Waals surface area contributed by atoms with Crippen LogP contribution in [0.25, 0.3) is 0 Å². The van der Waals surface area contributed by atoms with Gasteiger partial charge in [0.2, 0.25) is 0 Å². The molecule has 1 atom stereocenters. The van der Waals surface area contributed by atoms with Crippen LogP contribution in [0.5, 0.6) is 11.5 Å². The predicted molar refractivity (Wildman–Crippen MR) is 76.4 cm³/mol. The first-order valence-corrected chi connectivity index (χ1v) is 6.56. The van der Waals surface area contributed by atoms with E-state index in [1.54, 1.807) is 24.3 Å². The summed E-state index contributed by atoms with van der Waals surface area (Å²) >= 11 is 11.9. The third-order valence-electron chi connectivity index (χ3n) is 3.04. The highest BCUT2D eigenvalue weighted by atomic mass is 35.5. The second-order valence-electron chi connectivity index (χ2n) is 4.36. The molecule has 2 aromatic rings. The van der Waals surface area contributed by atoms with E-state index in [9.17, 15) is 5.11 Å². The summed E-state index contributed by atoms with van der Waals surface area (Å²) < 4.78 is 5.54. The molecular formula is C14H11Cl2NO2. The smallest absolute Gasteiger partial charge is 0.128 e. The van der Waals surface area contributed by atoms with Gasteiger partial charge in [-0.1, -0.05) is 23.2 Å². The maximum atomic E-state index is 9.41. The summed E-state index contributed by atoms with van der Waals surface area (Å²) in [5.41, 5.74) is 1.90. The number of hydrogen-bond acceptors (Lipinski definition) is 3. The first-order chi connectivity index (χ1) is 9.13. The van der Waals surface area contributed by atoms with Crippen LogP contribution >= 0.6 is 23.2 Å². The van der Waals surface area contributed by atoms with Gasteiger partial charge in [-0.25, -0.2) is 0 Å². The van der Waals surface area contributed by atoms with Gasteiger partial charge in [0.25, 0.3) is 0 Å². The Hall–Kier alpha value is -1.58. The van der Waals surface area contributed by atoms with Crippen molar-refractivity contribution in [2.24, 2.45) is 0 Å². The van der Waals surface area contributed by atoms with Gasteiger partial charge in [0, 0.05) is 17.3 Å². The summed E-state index contributed by atoms with van der Waals surface area (Å²) in [7, 11) is 0. The fourth-order valence-corrected chi connectivity index (χ4v) is 2.40. The normalized spacial score (nSPS) is 16.8. The molecule has 0 spiro atoms. The zero-order chi connectivity index (χ0) is 13.4. The Kier molecular flexibility index (Phi) is 3.17. The van der Waals surface area contributed by atoms with Gasteiger partial charge in [0.15, 0.2) is 0 Å². The summed E-state index contributed by atoms with van der Waals surface area (Å²) in [6.45, 7) is 0.513. The number of rotatable bonds is 2. The van der Waals surface area contributed by atoms with Gasteiger partial charge in [-0.05, 0) is 30.3 Å². The molecule has 1 heterocycles. The van der Waals surface area contributed by atoms with Crippen molar-refractivity contribution in [3.63, 3.8) is 0 Å². The third kappa shape index (κ3) is 2.44. The van der Waals surface area contributed by atoms with Gasteiger partial charge in [0.1, 0.15) is 18.1 Å². The number of ether oxygens (including phenoxy) is 1. The number of nitrogens with one attached hydrogen (secondary N) is 1. The molecule has 0 saturated heterocycles. The van der Waals surface area contributed by atoms with Crippen LogP contribution in [0, 0.1) is 0 Å². The van der Waals surface area contributed by atoms with Crippen LogP contribution in [0.4, 0.5) is 5.69 Å². The van der Waals surface area contributed by atoms with Crippen molar-refractivity contribution in [3.05, 3.63) is 52.0 Å². The Labute approximate surface area is 120 Å². The number of phenolic OH excluding ortho intramolecular Hbond substituents is 1. The highest BCUT2D eigenvalue weighted by Gasteiger charge is 2.24. The van der Waals surface area contributed by atoms with Gasteiger partial charge < -0.3 is 15.2 Å². The highest BCUT2D eigenvalue weighted by molar-refractivity contribution is 6.42. The van der Waals surface area contributed by atoms with Crippen molar-refractivity contribution in [1.82, 2.24) is 0 Å². The molecule has 1 aliphatic rings. The van der Waals surface area contributed by atoms with E-state index in [1.165, 1.54) is 0 Å². The second-order valence-corrected chi connectivity index (χ2v) is 5.17. The largest absolute Gasteiger partial charge is 0.508 e. The van der Waals surface area contributed by atoms with Crippen LogP contribution in [-0.4, -0.2) is 11.7 Å². The van der Waals surface area contributed by atoms with E-state index in [0.29, 0.717) is 22.4 Å². The molecule has 2 aromatic carbocycles. The van der Waals surface area contributed by atoms with Gasteiger partial charge in [-0.2, -0.15) is 0 Å². The van der Waals surface area contributed by atoms with Crippen molar-refractivity contribution in [3.8, 4) is 11.5 Å². The van der Waals surface area contributed by atoms with E-state index < -0.39 is 0 Å². The van der Waals surface area contributed by atoms with Crippen molar-refractivity contribution in [2.45, 2.75) is 6.04 Å². The minimum absolute atomic E-state index is 0.0350. The lowest BCUT2D eigenvalue weighted by Crippen LogP contribution is -2.11. The molecule has 5 heteroatoms. The molecule has 3 rings (SSSR count). The topological polar surface area (TPSA) is 41.5 Å². The molecule has 0 radical (unpaired) electrons. The Balaban J connectivity index is 1.84. The number of hydrogen-bond donors (Lipinski definition) is 2. The lowest BCUT2D eigenvalue weighted by atomic mass is 10.1. The zero-order valence-electron chi connectivity index (χ0n) is 9.86. The van der Waals surface area contributed by atoms with E-state index in [4.69, 9.17) is 27.9 Å². The van der Waals surface area contributed by atoms with Gasteiger partial charge in [-0.3, -0.25) is 0 Å². The lowest BCUT2D eigenvalue weighted by molar-refractivity contribution is 0.338. The molecule has 19 heavy (non-hydrogen) atoms. The predicted octanol–water partition coefficient (Wildman–Crippen LogP) is 4.24. The molecular weight excluding hydrogens is 285 g/mol. The summed E-state index contributed by atoms with van der Waals surface area (Å²) in [5, 5.41) is 13.8. The van der Waals surface area contributed by atoms with Crippen molar-refractivity contribution in [1.29, 1.82) is 0 Å². The van der Waals surface area contributed by atoms with Crippen LogP contribution in [0.1, 0.15) is 11.6 Å². The molecule has 0 aromatic heterocycles. The number of anilines is 1. The van der Waals surface area contributed by atoms with Gasteiger partial charge in [0.05, 0.1) is 16.1 Å². The van der Waals surface area contributed by atoms with E-state index in [2.05, 4.69) is 5.32 Å². The fraction of sp³-hybridized carbons (Fsp3) is 0.143. The number of fused-ring (bicyclic) bond motifs is 1. The zero-order valence-corrected chi connectivity index (χ0v) is 11.4. The SMILES string of the molecule is Oc1ccc2c(c1)OCC2Nc1ccc(Cl)c(Cl)c1. The molecule has 0 aliphatic carbocycles. The molecule has 98 valence electrons. The minimum atomic E-state index is 0.0350. The molecule has 1 aliphatic heterocycles. The number of benzene rings is 2. The number of phenols is 1. The van der Waals surface area contributed by atoms with E-state index in [-0.39, 0.29) is 11.8 Å². The fourth-order valence-electron chi connectivity index (χ4n) is 2.11. The average Bonchev–Trinajstić information content (AvgIpc) is 2.76. The van der Waals surface area contributed by atoms with E-state index in [1.807, 2.05) is 12.1 Å².